The third-order valence-corrected chi connectivity index (χ3v) is 2.89. The molecule has 0 aromatic heterocycles. The minimum absolute atomic E-state index is 0.175. The maximum absolute atomic E-state index is 11.5. The Morgan fingerprint density at radius 1 is 1.31 bits per heavy atom. The van der Waals surface area contributed by atoms with Crippen molar-refractivity contribution < 1.29 is 4.79 Å². The van der Waals surface area contributed by atoms with Crippen LogP contribution in [0.3, 0.4) is 0 Å². The third kappa shape index (κ3) is 3.64. The molecule has 0 amide bonds. The molecule has 0 aliphatic carbocycles. The molecule has 0 spiro atoms. The van der Waals surface area contributed by atoms with Gasteiger partial charge in [0.1, 0.15) is 0 Å². The molecular weight excluding hydrogens is 180 g/mol. The summed E-state index contributed by atoms with van der Waals surface area (Å²) in [6.45, 7) is 4.23. The SMILES string of the molecule is CC(C)CSC(=O)c1ccccc1. The number of carbonyl (C=O) groups is 1. The van der Waals surface area contributed by atoms with E-state index in [1.165, 1.54) is 11.8 Å². The molecule has 1 aromatic carbocycles. The molecule has 0 radical (unpaired) electrons. The molecule has 0 saturated heterocycles. The van der Waals surface area contributed by atoms with Crippen molar-refractivity contribution >= 4 is 16.9 Å². The van der Waals surface area contributed by atoms with Gasteiger partial charge in [-0.25, -0.2) is 0 Å². The van der Waals surface area contributed by atoms with E-state index in [1.54, 1.807) is 0 Å². The normalized spacial score (nSPS) is 10.4. The van der Waals surface area contributed by atoms with Gasteiger partial charge in [0.25, 0.3) is 0 Å². The van der Waals surface area contributed by atoms with E-state index in [0.717, 1.165) is 11.3 Å². The van der Waals surface area contributed by atoms with Gasteiger partial charge in [-0.2, -0.15) is 0 Å². The van der Waals surface area contributed by atoms with Crippen LogP contribution >= 0.6 is 11.8 Å². The van der Waals surface area contributed by atoms with Crippen molar-refractivity contribution in [1.82, 2.24) is 0 Å². The standard InChI is InChI=1S/C11H14OS/c1-9(2)8-13-11(12)10-6-4-3-5-7-10/h3-7,9H,8H2,1-2H3. The Labute approximate surface area is 83.5 Å². The molecule has 1 nitrogen and oxygen atoms in total. The number of thioether (sulfide) groups is 1. The topological polar surface area (TPSA) is 17.1 Å². The van der Waals surface area contributed by atoms with Gasteiger partial charge in [-0.1, -0.05) is 55.9 Å². The Kier molecular flexibility index (Phi) is 4.03. The second-order valence-electron chi connectivity index (χ2n) is 3.36. The first kappa shape index (κ1) is 10.3. The van der Waals surface area contributed by atoms with Crippen LogP contribution in [0.4, 0.5) is 0 Å². The molecular formula is C11H14OS. The van der Waals surface area contributed by atoms with Crippen molar-refractivity contribution in [3.63, 3.8) is 0 Å². The average molecular weight is 194 g/mol. The van der Waals surface area contributed by atoms with Crippen LogP contribution < -0.4 is 0 Å². The van der Waals surface area contributed by atoms with Gasteiger partial charge >= 0.3 is 0 Å². The molecule has 0 aliphatic heterocycles. The monoisotopic (exact) mass is 194 g/mol. The van der Waals surface area contributed by atoms with Crippen LogP contribution in [-0.4, -0.2) is 10.9 Å². The van der Waals surface area contributed by atoms with E-state index in [-0.39, 0.29) is 5.12 Å². The zero-order valence-electron chi connectivity index (χ0n) is 7.99. The van der Waals surface area contributed by atoms with Gasteiger partial charge in [0.2, 0.25) is 5.12 Å². The van der Waals surface area contributed by atoms with Crippen molar-refractivity contribution in [2.24, 2.45) is 5.92 Å². The summed E-state index contributed by atoms with van der Waals surface area (Å²) < 4.78 is 0. The van der Waals surface area contributed by atoms with E-state index in [9.17, 15) is 4.79 Å². The molecule has 0 N–H and O–H groups in total. The maximum atomic E-state index is 11.5. The summed E-state index contributed by atoms with van der Waals surface area (Å²) in [7, 11) is 0. The summed E-state index contributed by atoms with van der Waals surface area (Å²) in [6, 6.07) is 9.42. The third-order valence-electron chi connectivity index (χ3n) is 1.56. The molecule has 0 fully saturated rings. The minimum atomic E-state index is 0.175. The molecule has 0 unspecified atom stereocenters. The van der Waals surface area contributed by atoms with Crippen LogP contribution in [0.1, 0.15) is 24.2 Å². The first-order chi connectivity index (χ1) is 6.20. The van der Waals surface area contributed by atoms with Gasteiger partial charge in [-0.3, -0.25) is 4.79 Å². The average Bonchev–Trinajstić information content (AvgIpc) is 2.15. The number of carbonyl (C=O) groups excluding carboxylic acids is 1. The maximum Gasteiger partial charge on any atom is 0.219 e. The van der Waals surface area contributed by atoms with Crippen LogP contribution in [0.25, 0.3) is 0 Å². The van der Waals surface area contributed by atoms with Gasteiger partial charge in [-0.15, -0.1) is 0 Å². The lowest BCUT2D eigenvalue weighted by Gasteiger charge is -2.02. The summed E-state index contributed by atoms with van der Waals surface area (Å²) in [5.74, 6) is 1.46. The summed E-state index contributed by atoms with van der Waals surface area (Å²) in [5.41, 5.74) is 0.799. The highest BCUT2D eigenvalue weighted by Crippen LogP contribution is 2.14. The molecule has 70 valence electrons. The highest BCUT2D eigenvalue weighted by atomic mass is 32.2. The van der Waals surface area contributed by atoms with Gasteiger partial charge in [0.05, 0.1) is 0 Å². The zero-order chi connectivity index (χ0) is 9.68. The number of hydrogen-bond donors (Lipinski definition) is 0. The van der Waals surface area contributed by atoms with Crippen LogP contribution in [0, 0.1) is 5.92 Å². The van der Waals surface area contributed by atoms with Crippen molar-refractivity contribution in [1.29, 1.82) is 0 Å². The van der Waals surface area contributed by atoms with Crippen molar-refractivity contribution in [3.05, 3.63) is 35.9 Å². The second kappa shape index (κ2) is 5.07. The van der Waals surface area contributed by atoms with Gasteiger partial charge < -0.3 is 0 Å². The fraction of sp³-hybridized carbons (Fsp3) is 0.364. The number of benzene rings is 1. The molecule has 0 bridgehead atoms. The predicted octanol–water partition coefficient (Wildman–Crippen LogP) is 3.22. The van der Waals surface area contributed by atoms with Crippen molar-refractivity contribution in [2.45, 2.75) is 13.8 Å². The summed E-state index contributed by atoms with van der Waals surface area (Å²) in [6.07, 6.45) is 0. The van der Waals surface area contributed by atoms with E-state index in [1.807, 2.05) is 30.3 Å². The highest BCUT2D eigenvalue weighted by molar-refractivity contribution is 8.14. The summed E-state index contributed by atoms with van der Waals surface area (Å²) >= 11 is 1.40. The lowest BCUT2D eigenvalue weighted by Crippen LogP contribution is -1.98. The molecule has 0 atom stereocenters. The quantitative estimate of drug-likeness (QED) is 0.735. The van der Waals surface area contributed by atoms with E-state index in [4.69, 9.17) is 0 Å². The fourth-order valence-electron chi connectivity index (χ4n) is 0.900. The Balaban J connectivity index is 2.50. The van der Waals surface area contributed by atoms with Gasteiger partial charge in [0.15, 0.2) is 0 Å². The smallest absolute Gasteiger partial charge is 0.219 e. The second-order valence-corrected chi connectivity index (χ2v) is 4.35. The minimum Gasteiger partial charge on any atom is -0.282 e. The van der Waals surface area contributed by atoms with Crippen LogP contribution in [0.5, 0.6) is 0 Å². The predicted molar refractivity (Wildman–Crippen MR) is 58.1 cm³/mol. The summed E-state index contributed by atoms with van der Waals surface area (Å²) in [4.78, 5) is 11.5. The first-order valence-corrected chi connectivity index (χ1v) is 5.41. The Morgan fingerprint density at radius 3 is 2.46 bits per heavy atom. The Bertz CT molecular complexity index is 267. The van der Waals surface area contributed by atoms with Crippen LogP contribution in [-0.2, 0) is 0 Å². The summed E-state index contributed by atoms with van der Waals surface area (Å²) in [5, 5.41) is 0.175. The molecule has 0 aliphatic rings. The van der Waals surface area contributed by atoms with E-state index < -0.39 is 0 Å². The lowest BCUT2D eigenvalue weighted by molar-refractivity contribution is 0.108. The largest absolute Gasteiger partial charge is 0.282 e. The fourth-order valence-corrected chi connectivity index (χ4v) is 1.69. The molecule has 2 heteroatoms. The number of hydrogen-bond acceptors (Lipinski definition) is 2. The molecule has 0 heterocycles. The van der Waals surface area contributed by atoms with Crippen LogP contribution in [0.15, 0.2) is 30.3 Å². The van der Waals surface area contributed by atoms with Crippen LogP contribution in [0.2, 0.25) is 0 Å². The highest BCUT2D eigenvalue weighted by Gasteiger charge is 2.05. The van der Waals surface area contributed by atoms with Gasteiger partial charge in [-0.05, 0) is 5.92 Å². The Hall–Kier alpha value is -0.760. The molecule has 1 rings (SSSR count). The Morgan fingerprint density at radius 2 is 1.92 bits per heavy atom. The van der Waals surface area contributed by atoms with E-state index in [2.05, 4.69) is 13.8 Å². The number of rotatable bonds is 3. The zero-order valence-corrected chi connectivity index (χ0v) is 8.80. The first-order valence-electron chi connectivity index (χ1n) is 4.42. The lowest BCUT2D eigenvalue weighted by atomic mass is 10.2. The van der Waals surface area contributed by atoms with Gasteiger partial charge in [0, 0.05) is 11.3 Å². The van der Waals surface area contributed by atoms with Crippen molar-refractivity contribution in [3.8, 4) is 0 Å². The van der Waals surface area contributed by atoms with E-state index in [0.29, 0.717) is 5.92 Å². The molecule has 1 aromatic rings. The van der Waals surface area contributed by atoms with Crippen molar-refractivity contribution in [2.75, 3.05) is 5.75 Å². The van der Waals surface area contributed by atoms with E-state index >= 15 is 0 Å². The molecule has 0 saturated carbocycles. The molecule has 13 heavy (non-hydrogen) atoms.